The molecule has 488 valence electrons. The molecule has 18 heteroatoms. The Bertz CT molecular complexity index is 4900. The lowest BCUT2D eigenvalue weighted by Gasteiger charge is -2.10. The molecule has 11 aromatic rings. The third-order valence-electron chi connectivity index (χ3n) is 17.3. The molecule has 8 bridgehead atoms. The molecule has 6 N–H and O–H groups in total. The highest BCUT2D eigenvalue weighted by Crippen LogP contribution is 2.39. The van der Waals surface area contributed by atoms with E-state index in [1.165, 1.54) is 0 Å². The summed E-state index contributed by atoms with van der Waals surface area (Å²) < 4.78 is 16.7. The minimum Gasteiger partial charge on any atom is -0.494 e. The molecule has 2 aliphatic heterocycles. The Balaban J connectivity index is 0.715. The Morgan fingerprint density at radius 3 is 1.21 bits per heavy atom. The maximum atomic E-state index is 12.8. The fraction of sp³-hybridized carbons (Fsp3) is 0.215. The van der Waals surface area contributed by atoms with E-state index in [-0.39, 0.29) is 11.8 Å². The predicted octanol–water partition coefficient (Wildman–Crippen LogP) is 16.1. The molecule has 0 aliphatic carbocycles. The normalized spacial score (nSPS) is 11.7. The Morgan fingerprint density at radius 1 is 0.423 bits per heavy atom. The van der Waals surface area contributed by atoms with E-state index in [1.807, 2.05) is 96.0 Å². The number of benzene rings is 4. The van der Waals surface area contributed by atoms with E-state index in [2.05, 4.69) is 163 Å². The number of nitrogens with zero attached hydrogens (tertiary/aromatic N) is 6. The number of hydrogen-bond acceptors (Lipinski definition) is 10. The van der Waals surface area contributed by atoms with Gasteiger partial charge in [-0.2, -0.15) is 0 Å². The summed E-state index contributed by atoms with van der Waals surface area (Å²) in [6.45, 7) is 3.65. The molecule has 0 fully saturated rings. The number of aryl methyl sites for hydroxylation is 2. The van der Waals surface area contributed by atoms with Gasteiger partial charge in [0.15, 0.2) is 24.8 Å². The highest BCUT2D eigenvalue weighted by Gasteiger charge is 2.21. The minimum absolute atomic E-state index is 0.0314. The molecule has 2 amide bonds. The molecule has 7 aromatic heterocycles. The standard InChI is InChI=1S/C79H74Cl2N12O4/c1-92-44-34-54(35-45-92)78-68-28-26-66(89-68)76(52-12-18-58(19-13-52)96-48-7-3-10-74(94)86-39-6-5-38-82-62-32-42-84-72-50-56(80)16-22-60(62)72)64-24-25-65(88-64)77(67-27-29-69(90-67)79(71-31-30-70(78)91-71)55-36-46-93(2)47-37-55)53-14-20-59(21-15-53)97-49-8-4-11-75(95)87-41-9-40-83-63-33-43-85-73-51-57(81)17-23-61(63)73/h12-37,42-47,50-51H,3-11,38-41,48-49H2,1-2H3,(H4-,82,83,84,85,86,87,88,89,90,91,94,95)/p+2. The van der Waals surface area contributed by atoms with Crippen LogP contribution in [0.3, 0.4) is 0 Å². The molecule has 0 saturated heterocycles. The molecule has 4 aromatic carbocycles. The fourth-order valence-corrected chi connectivity index (χ4v) is 12.6. The number of nitrogens with one attached hydrogen (secondary N) is 6. The van der Waals surface area contributed by atoms with Crippen LogP contribution >= 0.6 is 23.2 Å². The second-order valence-electron chi connectivity index (χ2n) is 24.3. The number of pyridine rings is 4. The number of fused-ring (bicyclic) bond motifs is 10. The number of carbonyl (C=O) groups is 2. The zero-order valence-corrected chi connectivity index (χ0v) is 55.8. The average Bonchev–Trinajstić information content (AvgIpc) is 1.64. The summed E-state index contributed by atoms with van der Waals surface area (Å²) in [6, 6.07) is 48.7. The van der Waals surface area contributed by atoms with Gasteiger partial charge in [-0.1, -0.05) is 47.5 Å². The van der Waals surface area contributed by atoms with Gasteiger partial charge in [-0.15, -0.1) is 0 Å². The second-order valence-corrected chi connectivity index (χ2v) is 25.2. The molecule has 16 nitrogen and oxygen atoms in total. The summed E-state index contributed by atoms with van der Waals surface area (Å²) >= 11 is 12.4. The van der Waals surface area contributed by atoms with Crippen molar-refractivity contribution in [2.24, 2.45) is 14.1 Å². The summed E-state index contributed by atoms with van der Waals surface area (Å²) in [5, 5.41) is 16.5. The van der Waals surface area contributed by atoms with E-state index >= 15 is 0 Å². The number of unbranched alkanes of at least 4 members (excludes halogenated alkanes) is 3. The van der Waals surface area contributed by atoms with Gasteiger partial charge in [-0.3, -0.25) is 19.6 Å². The lowest BCUT2D eigenvalue weighted by Crippen LogP contribution is -2.25. The summed E-state index contributed by atoms with van der Waals surface area (Å²) in [4.78, 5) is 53.2. The Morgan fingerprint density at radius 2 is 0.794 bits per heavy atom. The van der Waals surface area contributed by atoms with Gasteiger partial charge in [0, 0.05) is 152 Å². The van der Waals surface area contributed by atoms with Crippen LogP contribution in [0.15, 0.2) is 183 Å². The highest BCUT2D eigenvalue weighted by molar-refractivity contribution is 6.31. The van der Waals surface area contributed by atoms with Crippen molar-refractivity contribution >= 4 is 115 Å². The third kappa shape index (κ3) is 16.0. The smallest absolute Gasteiger partial charge is 0.219 e. The Labute approximate surface area is 573 Å². The predicted molar refractivity (Wildman–Crippen MR) is 392 cm³/mol. The van der Waals surface area contributed by atoms with Crippen LogP contribution in [0.1, 0.15) is 80.6 Å². The summed E-state index contributed by atoms with van der Waals surface area (Å²) in [5.41, 5.74) is 18.2. The van der Waals surface area contributed by atoms with Gasteiger partial charge in [-0.25, -0.2) is 19.1 Å². The molecule has 97 heavy (non-hydrogen) atoms. The maximum absolute atomic E-state index is 12.8. The highest BCUT2D eigenvalue weighted by atomic mass is 35.5. The van der Waals surface area contributed by atoms with E-state index in [0.29, 0.717) is 68.6 Å². The number of H-pyrrole nitrogens is 2. The van der Waals surface area contributed by atoms with Crippen molar-refractivity contribution in [1.82, 2.24) is 40.5 Å². The van der Waals surface area contributed by atoms with Gasteiger partial charge < -0.3 is 40.7 Å². The first-order chi connectivity index (χ1) is 47.5. The van der Waals surface area contributed by atoms with Crippen molar-refractivity contribution in [3.63, 3.8) is 0 Å². The molecule has 13 rings (SSSR count). The van der Waals surface area contributed by atoms with Crippen molar-refractivity contribution in [2.45, 2.75) is 57.8 Å². The monoisotopic (exact) mass is 1330 g/mol. The number of aromatic nitrogens is 8. The SMILES string of the molecule is C[n+]1ccc(-c2c3nc(c(-c4ccc(OCCCCC(=O)NCCCCNc5ccnc6cc(Cl)ccc56)cc4)c4ccc([nH]4)c(-c4ccc(OCCCCC(=O)NCCCNc5ccnc6cc(Cl)ccc56)cc4)c4nc(c(-c5cc[n+](C)cc5)c5ccc2[nH]5)C=C4)C=C3)cc1. The van der Waals surface area contributed by atoms with Gasteiger partial charge in [0.2, 0.25) is 11.8 Å². The first kappa shape index (κ1) is 65.0. The third-order valence-corrected chi connectivity index (χ3v) is 17.8. The number of halogens is 2. The van der Waals surface area contributed by atoms with Crippen molar-refractivity contribution in [3.05, 3.63) is 216 Å². The molecule has 2 aliphatic rings. The molecule has 0 spiro atoms. The quantitative estimate of drug-likeness (QED) is 0.0213. The maximum Gasteiger partial charge on any atom is 0.219 e. The summed E-state index contributed by atoms with van der Waals surface area (Å²) in [5.74, 6) is 1.55. The number of hydrogen-bond donors (Lipinski definition) is 6. The van der Waals surface area contributed by atoms with Gasteiger partial charge in [-0.05, 0) is 189 Å². The van der Waals surface area contributed by atoms with Crippen LogP contribution in [-0.4, -0.2) is 81.1 Å². The first-order valence-corrected chi connectivity index (χ1v) is 33.9. The molecule has 0 radical (unpaired) electrons. The number of carbonyl (C=O) groups excluding carboxylic acids is 2. The molecule has 0 atom stereocenters. The number of aromatic amines is 2. The summed E-state index contributed by atoms with van der Waals surface area (Å²) in [6.07, 6.45) is 26.5. The van der Waals surface area contributed by atoms with Crippen molar-refractivity contribution in [2.75, 3.05) is 50.0 Å². The minimum atomic E-state index is 0.0314. The van der Waals surface area contributed by atoms with Gasteiger partial charge >= 0.3 is 0 Å². The summed E-state index contributed by atoms with van der Waals surface area (Å²) in [7, 11) is 4.04. The second kappa shape index (κ2) is 30.8. The van der Waals surface area contributed by atoms with Crippen LogP contribution in [-0.2, 0) is 23.7 Å². The van der Waals surface area contributed by atoms with Crippen molar-refractivity contribution < 1.29 is 28.2 Å². The zero-order valence-electron chi connectivity index (χ0n) is 54.3. The van der Waals surface area contributed by atoms with Gasteiger partial charge in [0.25, 0.3) is 0 Å². The Kier molecular flexibility index (Phi) is 20.6. The van der Waals surface area contributed by atoms with E-state index in [1.54, 1.807) is 12.4 Å². The largest absolute Gasteiger partial charge is 0.494 e. The lowest BCUT2D eigenvalue weighted by molar-refractivity contribution is -0.671. The van der Waals surface area contributed by atoms with Crippen molar-refractivity contribution in [3.8, 4) is 56.0 Å². The van der Waals surface area contributed by atoms with E-state index in [0.717, 1.165) is 173 Å². The van der Waals surface area contributed by atoms with Gasteiger partial charge in [0.1, 0.15) is 25.6 Å². The number of anilines is 2. The number of amides is 2. The lowest BCUT2D eigenvalue weighted by atomic mass is 10.0. The topological polar surface area (TPSA) is 192 Å². The van der Waals surface area contributed by atoms with Crippen LogP contribution in [0, 0.1) is 0 Å². The molecular weight excluding hydrogens is 1250 g/mol. The Hall–Kier alpha value is -10.7. The van der Waals surface area contributed by atoms with Crippen LogP contribution in [0.5, 0.6) is 11.5 Å². The molecule has 0 unspecified atom stereocenters. The zero-order chi connectivity index (χ0) is 66.5. The molecule has 9 heterocycles. The van der Waals surface area contributed by atoms with E-state index < -0.39 is 0 Å². The number of rotatable bonds is 27. The van der Waals surface area contributed by atoms with E-state index in [4.69, 9.17) is 42.6 Å². The molecular formula is C79H76Cl2N12O4+2. The molecule has 0 saturated carbocycles. The first-order valence-electron chi connectivity index (χ1n) is 33.2. The average molecular weight is 1330 g/mol. The van der Waals surface area contributed by atoms with Crippen molar-refractivity contribution in [1.29, 1.82) is 0 Å². The van der Waals surface area contributed by atoms with Crippen LogP contribution in [0.2, 0.25) is 10.0 Å². The van der Waals surface area contributed by atoms with Gasteiger partial charge in [0.05, 0.1) is 47.0 Å². The van der Waals surface area contributed by atoms with Crippen LogP contribution in [0.25, 0.3) is 113 Å². The number of ether oxygens (including phenoxy) is 2. The van der Waals surface area contributed by atoms with E-state index in [9.17, 15) is 9.59 Å². The van der Waals surface area contributed by atoms with Crippen LogP contribution < -0.4 is 39.9 Å². The van der Waals surface area contributed by atoms with Crippen LogP contribution in [0.4, 0.5) is 11.4 Å². The fourth-order valence-electron chi connectivity index (χ4n) is 12.3.